The van der Waals surface area contributed by atoms with Gasteiger partial charge in [0.25, 0.3) is 34.6 Å². The van der Waals surface area contributed by atoms with Crippen LogP contribution in [0.25, 0.3) is 6.08 Å². The van der Waals surface area contributed by atoms with Crippen molar-refractivity contribution in [3.05, 3.63) is 80.2 Å². The minimum atomic E-state index is -1.01. The van der Waals surface area contributed by atoms with E-state index in [0.29, 0.717) is 27.1 Å². The summed E-state index contributed by atoms with van der Waals surface area (Å²) >= 11 is 0.518. The molecule has 0 N–H and O–H groups in total. The molecule has 10 nitrogen and oxygen atoms in total. The van der Waals surface area contributed by atoms with Crippen molar-refractivity contribution in [2.45, 2.75) is 0 Å². The van der Waals surface area contributed by atoms with Crippen molar-refractivity contribution in [3.63, 3.8) is 0 Å². The molecule has 0 unspecified atom stereocenters. The van der Waals surface area contributed by atoms with Crippen LogP contribution >= 0.6 is 11.8 Å². The Kier molecular flexibility index (Phi) is 4.95. The second-order valence-corrected chi connectivity index (χ2v) is 7.49. The van der Waals surface area contributed by atoms with Crippen LogP contribution in [0.3, 0.4) is 0 Å². The van der Waals surface area contributed by atoms with Crippen LogP contribution in [0, 0.1) is 10.1 Å². The van der Waals surface area contributed by atoms with Gasteiger partial charge in [-0.25, -0.2) is 4.90 Å². The zero-order chi connectivity index (χ0) is 22.3. The molecule has 11 heteroatoms. The lowest BCUT2D eigenvalue weighted by atomic mass is 10.1. The van der Waals surface area contributed by atoms with Crippen LogP contribution in [-0.2, 0) is 9.59 Å². The predicted octanol–water partition coefficient (Wildman–Crippen LogP) is 2.45. The predicted molar refractivity (Wildman–Crippen MR) is 108 cm³/mol. The number of non-ortho nitro benzene ring substituents is 1. The molecular weight excluding hydrogens is 426 g/mol. The van der Waals surface area contributed by atoms with E-state index in [1.54, 1.807) is 12.1 Å². The number of carbonyl (C=O) groups excluding carboxylic acids is 5. The average molecular weight is 437 g/mol. The number of nitro benzene ring substituents is 1. The smallest absolute Gasteiger partial charge is 0.272 e. The van der Waals surface area contributed by atoms with Gasteiger partial charge in [-0.05, 0) is 47.7 Å². The minimum Gasteiger partial charge on any atom is -0.272 e. The number of imide groups is 4. The van der Waals surface area contributed by atoms with Gasteiger partial charge in [-0.15, -0.1) is 0 Å². The van der Waals surface area contributed by atoms with E-state index in [1.165, 1.54) is 42.5 Å². The molecule has 2 aromatic carbocycles. The Morgan fingerprint density at radius 1 is 0.935 bits per heavy atom. The fourth-order valence-electron chi connectivity index (χ4n) is 3.12. The Hall–Kier alpha value is -4.12. The molecule has 0 aliphatic carbocycles. The Balaban J connectivity index is 1.51. The Morgan fingerprint density at radius 3 is 2.06 bits per heavy atom. The van der Waals surface area contributed by atoms with E-state index in [4.69, 9.17) is 0 Å². The van der Waals surface area contributed by atoms with Crippen molar-refractivity contribution < 1.29 is 28.9 Å². The molecule has 0 atom stereocenters. The van der Waals surface area contributed by atoms with Gasteiger partial charge in [-0.1, -0.05) is 12.1 Å². The zero-order valence-electron chi connectivity index (χ0n) is 15.5. The maximum Gasteiger partial charge on any atom is 0.300 e. The highest BCUT2D eigenvalue weighted by molar-refractivity contribution is 8.18. The number of benzene rings is 2. The number of nitro groups is 1. The summed E-state index contributed by atoms with van der Waals surface area (Å²) in [5, 5.41) is 9.86. The van der Waals surface area contributed by atoms with Crippen molar-refractivity contribution in [2.75, 3.05) is 6.54 Å². The van der Waals surface area contributed by atoms with Crippen LogP contribution in [-0.4, -0.2) is 50.1 Å². The topological polar surface area (TPSA) is 135 Å². The molecule has 0 spiro atoms. The minimum absolute atomic E-state index is 0.0606. The first kappa shape index (κ1) is 20.2. The SMILES string of the molecule is O=C1c2ccccc2C(=O)N1CC(=O)N1C(=O)S/C(=C\c2ccc([N+](=O)[O-])cc2)C1=O. The lowest BCUT2D eigenvalue weighted by Crippen LogP contribution is -2.44. The summed E-state index contributed by atoms with van der Waals surface area (Å²) in [6.07, 6.45) is 1.32. The molecule has 0 bridgehead atoms. The maximum atomic E-state index is 12.6. The van der Waals surface area contributed by atoms with Gasteiger partial charge in [-0.2, -0.15) is 0 Å². The fourth-order valence-corrected chi connectivity index (χ4v) is 3.95. The third-order valence-electron chi connectivity index (χ3n) is 4.62. The van der Waals surface area contributed by atoms with Crippen molar-refractivity contribution >= 4 is 52.4 Å². The average Bonchev–Trinajstić information content (AvgIpc) is 3.16. The van der Waals surface area contributed by atoms with Crippen molar-refractivity contribution in [3.8, 4) is 0 Å². The van der Waals surface area contributed by atoms with E-state index in [-0.39, 0.29) is 21.7 Å². The molecule has 1 fully saturated rings. The van der Waals surface area contributed by atoms with E-state index < -0.39 is 40.3 Å². The molecule has 2 aliphatic rings. The summed E-state index contributed by atoms with van der Waals surface area (Å²) < 4.78 is 0. The zero-order valence-corrected chi connectivity index (χ0v) is 16.3. The van der Waals surface area contributed by atoms with Crippen LogP contribution in [0.15, 0.2) is 53.4 Å². The van der Waals surface area contributed by atoms with Gasteiger partial charge in [0.15, 0.2) is 0 Å². The molecule has 0 saturated carbocycles. The Labute approximate surface area is 178 Å². The van der Waals surface area contributed by atoms with E-state index in [0.717, 1.165) is 0 Å². The first-order valence-electron chi connectivity index (χ1n) is 8.78. The summed E-state index contributed by atoms with van der Waals surface area (Å²) in [5.74, 6) is -3.26. The monoisotopic (exact) mass is 437 g/mol. The number of thioether (sulfide) groups is 1. The van der Waals surface area contributed by atoms with Crippen LogP contribution in [0.2, 0.25) is 0 Å². The number of fused-ring (bicyclic) bond motifs is 1. The molecular formula is C20H11N3O7S. The lowest BCUT2D eigenvalue weighted by molar-refractivity contribution is -0.384. The van der Waals surface area contributed by atoms with E-state index in [2.05, 4.69) is 0 Å². The van der Waals surface area contributed by atoms with Crippen molar-refractivity contribution in [2.24, 2.45) is 0 Å². The molecule has 5 amide bonds. The highest BCUT2D eigenvalue weighted by Crippen LogP contribution is 2.33. The highest BCUT2D eigenvalue weighted by Gasteiger charge is 2.43. The molecule has 2 heterocycles. The van der Waals surface area contributed by atoms with Crippen LogP contribution in [0.4, 0.5) is 10.5 Å². The summed E-state index contributed by atoms with van der Waals surface area (Å²) in [5.41, 5.74) is 0.574. The second-order valence-electron chi connectivity index (χ2n) is 6.50. The molecule has 154 valence electrons. The third-order valence-corrected chi connectivity index (χ3v) is 5.49. The summed E-state index contributed by atoms with van der Waals surface area (Å²) in [6, 6.07) is 11.3. The van der Waals surface area contributed by atoms with Gasteiger partial charge in [0.1, 0.15) is 6.54 Å². The molecule has 0 radical (unpaired) electrons. The van der Waals surface area contributed by atoms with Gasteiger partial charge in [0.05, 0.1) is 21.0 Å². The van der Waals surface area contributed by atoms with E-state index >= 15 is 0 Å². The quantitative estimate of drug-likeness (QED) is 0.308. The second kappa shape index (κ2) is 7.61. The number of carbonyl (C=O) groups is 5. The van der Waals surface area contributed by atoms with Gasteiger partial charge in [0.2, 0.25) is 0 Å². The highest BCUT2D eigenvalue weighted by atomic mass is 32.2. The van der Waals surface area contributed by atoms with Crippen LogP contribution in [0.1, 0.15) is 26.3 Å². The summed E-state index contributed by atoms with van der Waals surface area (Å²) in [6.45, 7) is -0.755. The number of amides is 5. The molecule has 1 saturated heterocycles. The maximum absolute atomic E-state index is 12.6. The lowest BCUT2D eigenvalue weighted by Gasteiger charge is -2.16. The largest absolute Gasteiger partial charge is 0.300 e. The normalized spacial score (nSPS) is 17.0. The Bertz CT molecular complexity index is 1180. The van der Waals surface area contributed by atoms with Gasteiger partial charge in [-0.3, -0.25) is 39.0 Å². The van der Waals surface area contributed by atoms with Gasteiger partial charge < -0.3 is 0 Å². The van der Waals surface area contributed by atoms with E-state index in [9.17, 15) is 34.1 Å². The standard InChI is InChI=1S/C20H11N3O7S/c24-16(10-21-17(25)13-3-1-2-4-14(13)18(21)26)22-19(27)15(31-20(22)28)9-11-5-7-12(8-6-11)23(29)30/h1-9H,10H2/b15-9-. The summed E-state index contributed by atoms with van der Waals surface area (Å²) in [7, 11) is 0. The molecule has 4 rings (SSSR count). The van der Waals surface area contributed by atoms with Crippen molar-refractivity contribution in [1.29, 1.82) is 0 Å². The first-order valence-corrected chi connectivity index (χ1v) is 9.60. The van der Waals surface area contributed by atoms with Crippen LogP contribution < -0.4 is 0 Å². The summed E-state index contributed by atoms with van der Waals surface area (Å²) in [4.78, 5) is 73.4. The third kappa shape index (κ3) is 3.51. The number of hydrogen-bond donors (Lipinski definition) is 0. The molecule has 2 aromatic rings. The Morgan fingerprint density at radius 2 is 1.52 bits per heavy atom. The molecule has 2 aliphatic heterocycles. The number of nitrogens with zero attached hydrogens (tertiary/aromatic N) is 3. The van der Waals surface area contributed by atoms with Gasteiger partial charge in [0, 0.05) is 12.1 Å². The van der Waals surface area contributed by atoms with Crippen molar-refractivity contribution in [1.82, 2.24) is 9.80 Å². The number of hydrogen-bond acceptors (Lipinski definition) is 8. The van der Waals surface area contributed by atoms with Gasteiger partial charge >= 0.3 is 0 Å². The molecule has 0 aromatic heterocycles. The molecule has 31 heavy (non-hydrogen) atoms. The fraction of sp³-hybridized carbons (Fsp3) is 0.0500. The van der Waals surface area contributed by atoms with Crippen LogP contribution in [0.5, 0.6) is 0 Å². The first-order chi connectivity index (χ1) is 14.8. The number of rotatable bonds is 4. The van der Waals surface area contributed by atoms with E-state index in [1.807, 2.05) is 0 Å².